The number of hydrogen-bond donors (Lipinski definition) is 2. The van der Waals surface area contributed by atoms with E-state index in [1.165, 1.54) is 24.3 Å². The van der Waals surface area contributed by atoms with Gasteiger partial charge in [0.15, 0.2) is 0 Å². The number of hydrogen-bond acceptors (Lipinski definition) is 6. The molecule has 0 aliphatic carbocycles. The first-order valence-electron chi connectivity index (χ1n) is 10.2. The van der Waals surface area contributed by atoms with Gasteiger partial charge in [0.05, 0.1) is 10.5 Å². The molecule has 1 aromatic heterocycles. The molecule has 0 radical (unpaired) electrons. The molecule has 0 fully saturated rings. The van der Waals surface area contributed by atoms with Crippen LogP contribution in [-0.4, -0.2) is 30.4 Å². The third kappa shape index (κ3) is 4.29. The number of ether oxygens (including phenoxy) is 1. The highest BCUT2D eigenvalue weighted by atomic mass is 32.2. The molecule has 0 unspecified atom stereocenters. The van der Waals surface area contributed by atoms with Crippen LogP contribution in [0.25, 0.3) is 0 Å². The first-order chi connectivity index (χ1) is 15.1. The molecule has 1 aliphatic rings. The molecular formula is C23H24N4O4S. The summed E-state index contributed by atoms with van der Waals surface area (Å²) >= 11 is 0. The van der Waals surface area contributed by atoms with Gasteiger partial charge < -0.3 is 10.1 Å². The lowest BCUT2D eigenvalue weighted by atomic mass is 9.97. The molecule has 4 rings (SSSR count). The van der Waals surface area contributed by atoms with Crippen LogP contribution in [0, 0.1) is 13.8 Å². The molecule has 166 valence electrons. The Balaban J connectivity index is 1.50. The molecule has 2 atom stereocenters. The number of carbonyl (C=O) groups excluding carboxylic acids is 1. The second-order valence-electron chi connectivity index (χ2n) is 7.86. The minimum atomic E-state index is -3.84. The maximum absolute atomic E-state index is 12.8. The number of nitrogens with zero attached hydrogens (tertiary/aromatic N) is 2. The van der Waals surface area contributed by atoms with Crippen LogP contribution >= 0.6 is 0 Å². The maximum atomic E-state index is 12.8. The van der Waals surface area contributed by atoms with Crippen LogP contribution in [-0.2, 0) is 10.0 Å². The standard InChI is InChI=1S/C23H24N4O4S/c1-13-12-21(25-16(4)24-13)27-32(29,30)18-10-8-17(9-11-18)26-23(28)20-7-5-6-19-14(2)15(3)31-22(19)20/h5-12,14-15H,1-4H3,(H,26,28)(H,24,25,27)/t14-,15+/m1/s1. The first kappa shape index (κ1) is 21.8. The Morgan fingerprint density at radius 1 is 1.03 bits per heavy atom. The van der Waals surface area contributed by atoms with Gasteiger partial charge >= 0.3 is 0 Å². The molecule has 32 heavy (non-hydrogen) atoms. The van der Waals surface area contributed by atoms with Crippen molar-refractivity contribution in [2.24, 2.45) is 0 Å². The lowest BCUT2D eigenvalue weighted by Crippen LogP contribution is -2.16. The summed E-state index contributed by atoms with van der Waals surface area (Å²) in [7, 11) is -3.84. The van der Waals surface area contributed by atoms with Gasteiger partial charge in [-0.05, 0) is 51.1 Å². The average Bonchev–Trinajstić information content (AvgIpc) is 3.01. The van der Waals surface area contributed by atoms with Crippen molar-refractivity contribution in [3.8, 4) is 5.75 Å². The highest BCUT2D eigenvalue weighted by Gasteiger charge is 2.31. The van der Waals surface area contributed by atoms with Gasteiger partial charge in [-0.2, -0.15) is 0 Å². The van der Waals surface area contributed by atoms with E-state index in [4.69, 9.17) is 4.74 Å². The quantitative estimate of drug-likeness (QED) is 0.605. The summed E-state index contributed by atoms with van der Waals surface area (Å²) in [5, 5.41) is 2.81. The molecule has 0 saturated heterocycles. The van der Waals surface area contributed by atoms with Crippen molar-refractivity contribution in [1.29, 1.82) is 0 Å². The van der Waals surface area contributed by atoms with Crippen LogP contribution in [0.5, 0.6) is 5.75 Å². The number of anilines is 2. The Morgan fingerprint density at radius 3 is 2.44 bits per heavy atom. The molecule has 2 N–H and O–H groups in total. The molecule has 1 amide bonds. The Kier molecular flexibility index (Phi) is 5.60. The molecule has 0 spiro atoms. The molecule has 3 aromatic rings. The van der Waals surface area contributed by atoms with Crippen molar-refractivity contribution in [2.75, 3.05) is 10.0 Å². The van der Waals surface area contributed by atoms with E-state index in [1.807, 2.05) is 19.1 Å². The van der Waals surface area contributed by atoms with E-state index in [2.05, 4.69) is 26.9 Å². The Hall–Kier alpha value is -3.46. The van der Waals surface area contributed by atoms with Gasteiger partial charge in [-0.25, -0.2) is 18.4 Å². The molecule has 8 nitrogen and oxygen atoms in total. The lowest BCUT2D eigenvalue weighted by molar-refractivity contribution is 0.102. The van der Waals surface area contributed by atoms with Gasteiger partial charge in [-0.3, -0.25) is 9.52 Å². The van der Waals surface area contributed by atoms with Gasteiger partial charge in [-0.15, -0.1) is 0 Å². The lowest BCUT2D eigenvalue weighted by Gasteiger charge is -2.11. The fourth-order valence-electron chi connectivity index (χ4n) is 3.65. The van der Waals surface area contributed by atoms with Crippen LogP contribution in [0.2, 0.25) is 0 Å². The monoisotopic (exact) mass is 452 g/mol. The van der Waals surface area contributed by atoms with E-state index in [0.717, 1.165) is 5.56 Å². The van der Waals surface area contributed by atoms with Crippen LogP contribution in [0.15, 0.2) is 53.4 Å². The SMILES string of the molecule is Cc1cc(NS(=O)(=O)c2ccc(NC(=O)c3cccc4c3O[C@@H](C)[C@H]4C)cc2)nc(C)n1. The van der Waals surface area contributed by atoms with Gasteiger partial charge in [0.2, 0.25) is 0 Å². The molecule has 2 heterocycles. The Morgan fingerprint density at radius 2 is 1.75 bits per heavy atom. The third-order valence-corrected chi connectivity index (χ3v) is 6.79. The van der Waals surface area contributed by atoms with Crippen LogP contribution in [0.4, 0.5) is 11.5 Å². The molecule has 0 saturated carbocycles. The smallest absolute Gasteiger partial charge is 0.263 e. The number of aryl methyl sites for hydroxylation is 2. The van der Waals surface area contributed by atoms with Crippen molar-refractivity contribution in [1.82, 2.24) is 9.97 Å². The summed E-state index contributed by atoms with van der Waals surface area (Å²) in [5.74, 6) is 1.17. The molecular weight excluding hydrogens is 428 g/mol. The zero-order chi connectivity index (χ0) is 23.0. The summed E-state index contributed by atoms with van der Waals surface area (Å²) in [6.45, 7) is 7.49. The van der Waals surface area contributed by atoms with Crippen molar-refractivity contribution in [3.05, 3.63) is 71.2 Å². The normalized spacial score (nSPS) is 17.4. The van der Waals surface area contributed by atoms with Crippen LogP contribution < -0.4 is 14.8 Å². The minimum Gasteiger partial charge on any atom is -0.489 e. The van der Waals surface area contributed by atoms with E-state index in [0.29, 0.717) is 28.5 Å². The predicted octanol–water partition coefficient (Wildman–Crippen LogP) is 4.03. The van der Waals surface area contributed by atoms with Crippen molar-refractivity contribution < 1.29 is 17.9 Å². The number of para-hydroxylation sites is 1. The van der Waals surface area contributed by atoms with E-state index in [9.17, 15) is 13.2 Å². The zero-order valence-corrected chi connectivity index (χ0v) is 19.0. The summed E-state index contributed by atoms with van der Waals surface area (Å²) in [6.07, 6.45) is -0.00148. The van der Waals surface area contributed by atoms with Gasteiger partial charge in [0.25, 0.3) is 15.9 Å². The molecule has 2 aromatic carbocycles. The molecule has 9 heteroatoms. The fourth-order valence-corrected chi connectivity index (χ4v) is 4.64. The van der Waals surface area contributed by atoms with E-state index < -0.39 is 10.0 Å². The largest absolute Gasteiger partial charge is 0.489 e. The van der Waals surface area contributed by atoms with Gasteiger partial charge in [0, 0.05) is 28.9 Å². The number of sulfonamides is 1. The summed E-state index contributed by atoms with van der Waals surface area (Å²) < 4.78 is 33.7. The molecule has 1 aliphatic heterocycles. The summed E-state index contributed by atoms with van der Waals surface area (Å²) in [6, 6.07) is 13.0. The van der Waals surface area contributed by atoms with Crippen LogP contribution in [0.3, 0.4) is 0 Å². The van der Waals surface area contributed by atoms with Crippen molar-refractivity contribution in [2.45, 2.75) is 44.6 Å². The Bertz CT molecular complexity index is 1270. The van der Waals surface area contributed by atoms with Crippen molar-refractivity contribution >= 4 is 27.4 Å². The summed E-state index contributed by atoms with van der Waals surface area (Å²) in [5.41, 5.74) is 2.59. The maximum Gasteiger partial charge on any atom is 0.263 e. The minimum absolute atomic E-state index is 0.00148. The number of carbonyl (C=O) groups is 1. The summed E-state index contributed by atoms with van der Waals surface area (Å²) in [4.78, 5) is 21.1. The number of fused-ring (bicyclic) bond motifs is 1. The van der Waals surface area contributed by atoms with Crippen molar-refractivity contribution in [3.63, 3.8) is 0 Å². The second-order valence-corrected chi connectivity index (χ2v) is 9.54. The zero-order valence-electron chi connectivity index (χ0n) is 18.2. The number of nitrogens with one attached hydrogen (secondary N) is 2. The van der Waals surface area contributed by atoms with Gasteiger partial charge in [-0.1, -0.05) is 19.1 Å². The average molecular weight is 453 g/mol. The third-order valence-electron chi connectivity index (χ3n) is 5.42. The number of benzene rings is 2. The highest BCUT2D eigenvalue weighted by molar-refractivity contribution is 7.92. The van der Waals surface area contributed by atoms with Crippen LogP contribution in [0.1, 0.15) is 47.2 Å². The topological polar surface area (TPSA) is 110 Å². The second kappa shape index (κ2) is 8.23. The number of aromatic nitrogens is 2. The predicted molar refractivity (Wildman–Crippen MR) is 122 cm³/mol. The van der Waals surface area contributed by atoms with Gasteiger partial charge in [0.1, 0.15) is 23.5 Å². The highest BCUT2D eigenvalue weighted by Crippen LogP contribution is 2.40. The van der Waals surface area contributed by atoms with E-state index in [1.54, 1.807) is 26.0 Å². The number of amides is 1. The first-order valence-corrected chi connectivity index (χ1v) is 11.7. The number of rotatable bonds is 5. The molecule has 0 bridgehead atoms. The Labute approximate surface area is 187 Å². The fraction of sp³-hybridized carbons (Fsp3) is 0.261. The van der Waals surface area contributed by atoms with E-state index >= 15 is 0 Å². The van der Waals surface area contributed by atoms with E-state index in [-0.39, 0.29) is 28.6 Å².